The minimum absolute atomic E-state index is 0.105. The van der Waals surface area contributed by atoms with Gasteiger partial charge in [-0.15, -0.1) is 4.99 Å². The Hall–Kier alpha value is -3.39. The smallest absolute Gasteiger partial charge is 0.437 e. The van der Waals surface area contributed by atoms with E-state index in [1.165, 1.54) is 0 Å². The molecule has 1 heterocycles. The third-order valence-electron chi connectivity index (χ3n) is 5.32. The fourth-order valence-corrected chi connectivity index (χ4v) is 3.54. The second-order valence-corrected chi connectivity index (χ2v) is 7.67. The molecule has 2 aromatic rings. The molecule has 32 heavy (non-hydrogen) atoms. The molecule has 1 fully saturated rings. The summed E-state index contributed by atoms with van der Waals surface area (Å²) in [5.74, 6) is 0.680. The molecule has 0 bridgehead atoms. The predicted molar refractivity (Wildman–Crippen MR) is 122 cm³/mol. The quantitative estimate of drug-likeness (QED) is 0.527. The number of benzene rings is 2. The molecule has 170 valence electrons. The van der Waals surface area contributed by atoms with Crippen LogP contribution < -0.4 is 11.1 Å². The minimum Gasteiger partial charge on any atom is -0.444 e. The van der Waals surface area contributed by atoms with Crippen LogP contribution in [0.3, 0.4) is 0 Å². The summed E-state index contributed by atoms with van der Waals surface area (Å²) in [5.41, 5.74) is 7.40. The summed E-state index contributed by atoms with van der Waals surface area (Å²) < 4.78 is 10.6. The Morgan fingerprint density at radius 3 is 2.06 bits per heavy atom. The lowest BCUT2D eigenvalue weighted by Crippen LogP contribution is -2.48. The van der Waals surface area contributed by atoms with Crippen molar-refractivity contribution in [1.29, 1.82) is 0 Å². The number of aliphatic imine (C=N–C) groups is 1. The number of carbonyl (C=O) groups is 2. The number of piperidine rings is 1. The van der Waals surface area contributed by atoms with Gasteiger partial charge in [-0.25, -0.2) is 9.59 Å². The van der Waals surface area contributed by atoms with Crippen molar-refractivity contribution in [2.45, 2.75) is 32.5 Å². The lowest BCUT2D eigenvalue weighted by Gasteiger charge is -2.33. The monoisotopic (exact) mass is 438 g/mol. The number of rotatable bonds is 6. The van der Waals surface area contributed by atoms with E-state index in [9.17, 15) is 9.59 Å². The van der Waals surface area contributed by atoms with Gasteiger partial charge in [-0.1, -0.05) is 60.7 Å². The van der Waals surface area contributed by atoms with Crippen LogP contribution in [0.15, 0.2) is 65.7 Å². The maximum absolute atomic E-state index is 12.4. The van der Waals surface area contributed by atoms with Crippen LogP contribution in [-0.2, 0) is 22.7 Å². The highest BCUT2D eigenvalue weighted by Gasteiger charge is 2.24. The maximum Gasteiger partial charge on any atom is 0.437 e. The molecule has 3 rings (SSSR count). The molecule has 0 aromatic heterocycles. The number of hydrogen-bond donors (Lipinski definition) is 2. The van der Waals surface area contributed by atoms with Crippen LogP contribution in [0.1, 0.15) is 30.4 Å². The van der Waals surface area contributed by atoms with Gasteiger partial charge in [-0.3, -0.25) is 5.32 Å². The number of nitrogens with two attached hydrogens (primary N) is 1. The van der Waals surface area contributed by atoms with Crippen molar-refractivity contribution in [3.63, 3.8) is 0 Å². The number of amides is 2. The largest absolute Gasteiger partial charge is 0.444 e. The number of carbonyl (C=O) groups excluding carboxylic acids is 2. The normalized spacial score (nSPS) is 14.7. The molecule has 0 atom stereocenters. The molecule has 0 radical (unpaired) electrons. The number of nitrogens with zero attached hydrogens (tertiary/aromatic N) is 2. The van der Waals surface area contributed by atoms with E-state index in [0.29, 0.717) is 25.6 Å². The Labute approximate surface area is 188 Å². The van der Waals surface area contributed by atoms with E-state index in [1.54, 1.807) is 0 Å². The van der Waals surface area contributed by atoms with Gasteiger partial charge in [0.25, 0.3) is 0 Å². The van der Waals surface area contributed by atoms with Crippen LogP contribution in [0, 0.1) is 5.92 Å². The summed E-state index contributed by atoms with van der Waals surface area (Å²) in [4.78, 5) is 30.6. The maximum atomic E-state index is 12.4. The fraction of sp³-hybridized carbons (Fsp3) is 0.375. The lowest BCUT2D eigenvalue weighted by molar-refractivity contribution is 0.142. The van der Waals surface area contributed by atoms with Crippen molar-refractivity contribution in [2.75, 3.05) is 19.6 Å². The van der Waals surface area contributed by atoms with E-state index in [4.69, 9.17) is 15.2 Å². The third kappa shape index (κ3) is 7.70. The molecule has 8 heteroatoms. The summed E-state index contributed by atoms with van der Waals surface area (Å²) in [7, 11) is 0. The van der Waals surface area contributed by atoms with Gasteiger partial charge >= 0.3 is 12.2 Å². The van der Waals surface area contributed by atoms with Crippen molar-refractivity contribution in [2.24, 2.45) is 16.6 Å². The lowest BCUT2D eigenvalue weighted by atomic mass is 9.94. The second kappa shape index (κ2) is 12.5. The number of nitrogens with one attached hydrogen (secondary N) is 1. The standard InChI is InChI=1S/C24H30N4O4/c25-14-11-19-12-15-28(16-13-19)22(26-23(29)31-17-20-7-3-1-4-8-20)27-24(30)32-18-21-9-5-2-6-10-21/h1-10,19H,11-18,25H2,(H,26,27,29,30). The van der Waals surface area contributed by atoms with Gasteiger partial charge in [0.15, 0.2) is 0 Å². The Morgan fingerprint density at radius 2 is 1.50 bits per heavy atom. The van der Waals surface area contributed by atoms with E-state index in [-0.39, 0.29) is 19.2 Å². The molecule has 1 aliphatic heterocycles. The number of hydrogen-bond acceptors (Lipinski definition) is 5. The zero-order valence-corrected chi connectivity index (χ0v) is 18.1. The van der Waals surface area contributed by atoms with Gasteiger partial charge in [0.2, 0.25) is 5.96 Å². The Balaban J connectivity index is 1.61. The van der Waals surface area contributed by atoms with Crippen LogP contribution in [-0.4, -0.2) is 42.7 Å². The summed E-state index contributed by atoms with van der Waals surface area (Å²) in [6, 6.07) is 18.7. The van der Waals surface area contributed by atoms with Crippen LogP contribution in [0.2, 0.25) is 0 Å². The Kier molecular flexibility index (Phi) is 9.06. The van der Waals surface area contributed by atoms with E-state index < -0.39 is 12.2 Å². The molecule has 3 N–H and O–H groups in total. The van der Waals surface area contributed by atoms with Gasteiger partial charge in [0.05, 0.1) is 0 Å². The molecule has 8 nitrogen and oxygen atoms in total. The van der Waals surface area contributed by atoms with Gasteiger partial charge in [-0.05, 0) is 42.9 Å². The molecular weight excluding hydrogens is 408 g/mol. The Morgan fingerprint density at radius 1 is 0.938 bits per heavy atom. The summed E-state index contributed by atoms with van der Waals surface area (Å²) in [6.45, 7) is 2.20. The summed E-state index contributed by atoms with van der Waals surface area (Å²) in [6.07, 6.45) is 1.35. The highest BCUT2D eigenvalue weighted by atomic mass is 16.6. The van der Waals surface area contributed by atoms with Crippen molar-refractivity contribution < 1.29 is 19.1 Å². The number of alkyl carbamates (subject to hydrolysis) is 1. The van der Waals surface area contributed by atoms with E-state index >= 15 is 0 Å². The van der Waals surface area contributed by atoms with Gasteiger partial charge in [0.1, 0.15) is 13.2 Å². The Bertz CT molecular complexity index is 881. The van der Waals surface area contributed by atoms with Crippen LogP contribution in [0.4, 0.5) is 9.59 Å². The fourth-order valence-electron chi connectivity index (χ4n) is 3.54. The number of guanidine groups is 1. The van der Waals surface area contributed by atoms with Gasteiger partial charge in [-0.2, -0.15) is 0 Å². The van der Waals surface area contributed by atoms with E-state index in [2.05, 4.69) is 10.3 Å². The average molecular weight is 439 g/mol. The highest BCUT2D eigenvalue weighted by molar-refractivity contribution is 5.98. The third-order valence-corrected chi connectivity index (χ3v) is 5.32. The zero-order valence-electron chi connectivity index (χ0n) is 18.1. The SMILES string of the molecule is NCCC1CCN(C(=NC(=O)OCc2ccccc2)NC(=O)OCc2ccccc2)CC1. The van der Waals surface area contributed by atoms with Crippen LogP contribution in [0.25, 0.3) is 0 Å². The zero-order chi connectivity index (χ0) is 22.6. The van der Waals surface area contributed by atoms with E-state index in [0.717, 1.165) is 30.4 Å². The molecule has 1 saturated heterocycles. The summed E-state index contributed by atoms with van der Waals surface area (Å²) in [5, 5.41) is 2.62. The van der Waals surface area contributed by atoms with E-state index in [1.807, 2.05) is 65.6 Å². The first-order chi connectivity index (χ1) is 15.6. The first-order valence-corrected chi connectivity index (χ1v) is 10.9. The first kappa shape index (κ1) is 23.3. The molecule has 0 saturated carbocycles. The molecule has 1 aliphatic rings. The summed E-state index contributed by atoms with van der Waals surface area (Å²) >= 11 is 0. The number of ether oxygens (including phenoxy) is 2. The number of likely N-dealkylation sites (tertiary alicyclic amines) is 1. The minimum atomic E-state index is -0.767. The molecule has 0 spiro atoms. The van der Waals surface area contributed by atoms with Crippen molar-refractivity contribution in [3.8, 4) is 0 Å². The molecular formula is C24H30N4O4. The van der Waals surface area contributed by atoms with Crippen molar-refractivity contribution in [3.05, 3.63) is 71.8 Å². The first-order valence-electron chi connectivity index (χ1n) is 10.9. The topological polar surface area (TPSA) is 106 Å². The van der Waals surface area contributed by atoms with Crippen molar-refractivity contribution >= 4 is 18.1 Å². The average Bonchev–Trinajstić information content (AvgIpc) is 2.83. The van der Waals surface area contributed by atoms with Gasteiger partial charge in [0, 0.05) is 13.1 Å². The van der Waals surface area contributed by atoms with Crippen LogP contribution in [0.5, 0.6) is 0 Å². The highest BCUT2D eigenvalue weighted by Crippen LogP contribution is 2.20. The molecule has 0 unspecified atom stereocenters. The second-order valence-electron chi connectivity index (χ2n) is 7.67. The molecule has 2 amide bonds. The van der Waals surface area contributed by atoms with Crippen molar-refractivity contribution in [1.82, 2.24) is 10.2 Å². The molecule has 2 aromatic carbocycles. The predicted octanol–water partition coefficient (Wildman–Crippen LogP) is 3.67. The van der Waals surface area contributed by atoms with Crippen LogP contribution >= 0.6 is 0 Å². The van der Waals surface area contributed by atoms with Gasteiger partial charge < -0.3 is 20.1 Å². The molecule has 0 aliphatic carbocycles.